The van der Waals surface area contributed by atoms with Gasteiger partial charge in [0.2, 0.25) is 0 Å². The third kappa shape index (κ3) is 1.55. The Morgan fingerprint density at radius 1 is 1.25 bits per heavy atom. The lowest BCUT2D eigenvalue weighted by Crippen LogP contribution is -2.21. The largest absolute Gasteiger partial charge is 0.768 e. The second-order valence-corrected chi connectivity index (χ2v) is 4.01. The van der Waals surface area contributed by atoms with Gasteiger partial charge in [0, 0.05) is 16.5 Å². The SMILES string of the molecule is [N-]=[N+]=C1C(=O)C=C(S(=O)[O-])c2ccccc21. The zero-order valence-electron chi connectivity index (χ0n) is 7.91. The smallest absolute Gasteiger partial charge is 0.369 e. The molecule has 2 rings (SSSR count). The molecule has 0 bridgehead atoms. The van der Waals surface area contributed by atoms with Crippen molar-refractivity contribution in [3.05, 3.63) is 47.0 Å². The molecule has 6 heteroatoms. The highest BCUT2D eigenvalue weighted by Crippen LogP contribution is 2.26. The molecule has 0 saturated carbocycles. The Morgan fingerprint density at radius 3 is 2.44 bits per heavy atom. The van der Waals surface area contributed by atoms with Crippen LogP contribution in [0.2, 0.25) is 0 Å². The summed E-state index contributed by atoms with van der Waals surface area (Å²) in [6.45, 7) is 0. The van der Waals surface area contributed by atoms with E-state index in [2.05, 4.69) is 4.79 Å². The normalized spacial score (nSPS) is 16.2. The molecular weight excluding hydrogens is 228 g/mol. The first-order chi connectivity index (χ1) is 7.65. The summed E-state index contributed by atoms with van der Waals surface area (Å²) in [6, 6.07) is 6.36. The van der Waals surface area contributed by atoms with Crippen molar-refractivity contribution in [2.45, 2.75) is 0 Å². The van der Waals surface area contributed by atoms with Gasteiger partial charge < -0.3 is 10.1 Å². The van der Waals surface area contributed by atoms with Crippen LogP contribution in [-0.4, -0.2) is 25.0 Å². The lowest BCUT2D eigenvalue weighted by atomic mass is 9.95. The van der Waals surface area contributed by atoms with Crippen LogP contribution in [0.4, 0.5) is 0 Å². The van der Waals surface area contributed by atoms with Gasteiger partial charge in [-0.25, -0.2) is 0 Å². The van der Waals surface area contributed by atoms with Crippen molar-refractivity contribution in [2.75, 3.05) is 0 Å². The van der Waals surface area contributed by atoms with Gasteiger partial charge in [-0.3, -0.25) is 9.00 Å². The fourth-order valence-corrected chi connectivity index (χ4v) is 2.10. The maximum absolute atomic E-state index is 11.5. The van der Waals surface area contributed by atoms with Gasteiger partial charge in [-0.2, -0.15) is 4.79 Å². The topological polar surface area (TPSA) is 93.6 Å². The Morgan fingerprint density at radius 2 is 1.88 bits per heavy atom. The van der Waals surface area contributed by atoms with Crippen molar-refractivity contribution < 1.29 is 18.3 Å². The minimum Gasteiger partial charge on any atom is -0.768 e. The van der Waals surface area contributed by atoms with E-state index in [1.54, 1.807) is 18.2 Å². The molecule has 1 atom stereocenters. The highest BCUT2D eigenvalue weighted by molar-refractivity contribution is 7.89. The van der Waals surface area contributed by atoms with Crippen molar-refractivity contribution >= 4 is 27.5 Å². The van der Waals surface area contributed by atoms with Crippen molar-refractivity contribution in [1.29, 1.82) is 0 Å². The van der Waals surface area contributed by atoms with Gasteiger partial charge in [-0.05, 0) is 17.1 Å². The van der Waals surface area contributed by atoms with Crippen molar-refractivity contribution in [3.63, 3.8) is 0 Å². The Bertz CT molecular complexity index is 585. The van der Waals surface area contributed by atoms with Gasteiger partial charge in [0.15, 0.2) is 0 Å². The summed E-state index contributed by atoms with van der Waals surface area (Å²) in [5, 5.41) is 0. The van der Waals surface area contributed by atoms with E-state index in [4.69, 9.17) is 5.53 Å². The first-order valence-corrected chi connectivity index (χ1v) is 5.39. The second kappa shape index (κ2) is 3.94. The Kier molecular flexibility index (Phi) is 2.62. The molecule has 0 radical (unpaired) electrons. The van der Waals surface area contributed by atoms with Crippen LogP contribution < -0.4 is 0 Å². The molecule has 0 N–H and O–H groups in total. The molecule has 0 saturated heterocycles. The zero-order valence-corrected chi connectivity index (χ0v) is 8.73. The molecule has 0 heterocycles. The van der Waals surface area contributed by atoms with Crippen molar-refractivity contribution in [1.82, 2.24) is 0 Å². The number of allylic oxidation sites excluding steroid dienone is 1. The number of ketones is 1. The molecule has 1 aliphatic rings. The molecule has 1 aliphatic carbocycles. The summed E-state index contributed by atoms with van der Waals surface area (Å²) in [5.74, 6) is -0.625. The maximum atomic E-state index is 11.5. The van der Waals surface area contributed by atoms with Crippen LogP contribution in [0, 0.1) is 0 Å². The average molecular weight is 233 g/mol. The molecule has 1 aromatic carbocycles. The third-order valence-electron chi connectivity index (χ3n) is 2.22. The molecule has 0 aliphatic heterocycles. The molecule has 1 aromatic rings. The molecule has 0 fully saturated rings. The van der Waals surface area contributed by atoms with Crippen LogP contribution in [0.5, 0.6) is 0 Å². The van der Waals surface area contributed by atoms with Gasteiger partial charge >= 0.3 is 5.71 Å². The second-order valence-electron chi connectivity index (χ2n) is 3.10. The Hall–Kier alpha value is -1.88. The average Bonchev–Trinajstić information content (AvgIpc) is 2.28. The summed E-state index contributed by atoms with van der Waals surface area (Å²) < 4.78 is 21.9. The lowest BCUT2D eigenvalue weighted by Gasteiger charge is -2.15. The number of hydrogen-bond acceptors (Lipinski definition) is 3. The van der Waals surface area contributed by atoms with Gasteiger partial charge in [-0.1, -0.05) is 18.2 Å². The van der Waals surface area contributed by atoms with E-state index in [1.165, 1.54) is 6.07 Å². The van der Waals surface area contributed by atoms with Crippen LogP contribution in [0.3, 0.4) is 0 Å². The summed E-state index contributed by atoms with van der Waals surface area (Å²) >= 11 is -2.50. The highest BCUT2D eigenvalue weighted by atomic mass is 32.2. The van der Waals surface area contributed by atoms with Gasteiger partial charge in [-0.15, -0.1) is 0 Å². The quantitative estimate of drug-likeness (QED) is 0.401. The summed E-state index contributed by atoms with van der Waals surface area (Å²) in [4.78, 5) is 14.3. The summed E-state index contributed by atoms with van der Waals surface area (Å²) in [5.41, 5.74) is 9.25. The predicted octanol–water partition coefficient (Wildman–Crippen LogP) is 0.508. The van der Waals surface area contributed by atoms with E-state index in [-0.39, 0.29) is 10.6 Å². The predicted molar refractivity (Wildman–Crippen MR) is 56.1 cm³/mol. The number of rotatable bonds is 1. The first kappa shape index (κ1) is 10.6. The minimum atomic E-state index is -2.50. The van der Waals surface area contributed by atoms with E-state index in [0.717, 1.165) is 6.08 Å². The summed E-state index contributed by atoms with van der Waals surface area (Å²) in [6.07, 6.45) is 0.945. The molecule has 0 amide bonds. The summed E-state index contributed by atoms with van der Waals surface area (Å²) in [7, 11) is 0. The number of fused-ring (bicyclic) bond motifs is 1. The maximum Gasteiger partial charge on any atom is 0.369 e. The lowest BCUT2D eigenvalue weighted by molar-refractivity contribution is -0.112. The molecule has 5 nitrogen and oxygen atoms in total. The van der Waals surface area contributed by atoms with E-state index < -0.39 is 16.9 Å². The van der Waals surface area contributed by atoms with Crippen LogP contribution in [0.1, 0.15) is 11.1 Å². The molecule has 16 heavy (non-hydrogen) atoms. The molecule has 80 valence electrons. The van der Waals surface area contributed by atoms with Gasteiger partial charge in [0.05, 0.1) is 5.56 Å². The van der Waals surface area contributed by atoms with Crippen LogP contribution >= 0.6 is 0 Å². The molecular formula is C10H5N2O3S-. The molecule has 0 aromatic heterocycles. The fraction of sp³-hybridized carbons (Fsp3) is 0. The number of hydrogen-bond donors (Lipinski definition) is 0. The number of carbonyl (C=O) groups excluding carboxylic acids is 1. The number of carbonyl (C=O) groups is 1. The van der Waals surface area contributed by atoms with E-state index in [9.17, 15) is 13.6 Å². The standard InChI is InChI=1S/C10H6N2O3S/c11-12-10-7-4-2-1-3-6(7)9(16(14)15)5-8(10)13/h1-5H,(H,14,15)/p-1. The van der Waals surface area contributed by atoms with E-state index >= 15 is 0 Å². The van der Waals surface area contributed by atoms with Crippen LogP contribution in [0.15, 0.2) is 30.3 Å². The first-order valence-electron chi connectivity index (χ1n) is 4.32. The Labute approximate surface area is 93.3 Å². The van der Waals surface area contributed by atoms with Crippen molar-refractivity contribution in [3.8, 4) is 0 Å². The number of nitrogens with zero attached hydrogens (tertiary/aromatic N) is 2. The molecule has 0 spiro atoms. The molecule has 1 unspecified atom stereocenters. The minimum absolute atomic E-state index is 0.0898. The fourth-order valence-electron chi connectivity index (χ4n) is 1.54. The van der Waals surface area contributed by atoms with E-state index in [1.807, 2.05) is 0 Å². The number of benzene rings is 1. The Balaban J connectivity index is 2.78. The van der Waals surface area contributed by atoms with E-state index in [0.29, 0.717) is 11.1 Å². The van der Waals surface area contributed by atoms with Gasteiger partial charge in [0.1, 0.15) is 0 Å². The van der Waals surface area contributed by atoms with Crippen LogP contribution in [-0.2, 0) is 15.9 Å². The van der Waals surface area contributed by atoms with Crippen molar-refractivity contribution in [2.24, 2.45) is 0 Å². The third-order valence-corrected chi connectivity index (χ3v) is 2.92. The monoisotopic (exact) mass is 233 g/mol. The van der Waals surface area contributed by atoms with Gasteiger partial charge in [0.25, 0.3) is 5.78 Å². The van der Waals surface area contributed by atoms with Crippen LogP contribution in [0.25, 0.3) is 10.4 Å². The zero-order chi connectivity index (χ0) is 11.7. The highest BCUT2D eigenvalue weighted by Gasteiger charge is 2.30.